The van der Waals surface area contributed by atoms with Crippen molar-refractivity contribution in [2.75, 3.05) is 19.8 Å². The van der Waals surface area contributed by atoms with Gasteiger partial charge in [-0.25, -0.2) is 59.5 Å². The van der Waals surface area contributed by atoms with E-state index in [1.165, 1.54) is 48.5 Å². The van der Waals surface area contributed by atoms with Crippen molar-refractivity contribution >= 4 is 35.9 Å². The minimum absolute atomic E-state index is 0.463. The minimum Gasteiger partial charge on any atom is -0.459 e. The summed E-state index contributed by atoms with van der Waals surface area (Å²) in [5, 5.41) is 2.00. The molecule has 7 aromatic carbocycles. The van der Waals surface area contributed by atoms with Crippen LogP contribution in [0.5, 0.6) is 5.75 Å². The predicted molar refractivity (Wildman–Crippen MR) is 262 cm³/mol. The number of alkyl carbamates (subject to hydrolysis) is 1. The highest BCUT2D eigenvalue weighted by molar-refractivity contribution is 5.92. The third-order valence-electron chi connectivity index (χ3n) is 12.8. The first-order valence-corrected chi connectivity index (χ1v) is 24.3. The first kappa shape index (κ1) is 57.1. The average Bonchev–Trinajstić information content (AvgIpc) is 3.95. The lowest BCUT2D eigenvalue weighted by Crippen LogP contribution is -2.63. The number of ether oxygens (including phenoxy) is 8. The summed E-state index contributed by atoms with van der Waals surface area (Å²) >= 11 is 0. The van der Waals surface area contributed by atoms with Crippen molar-refractivity contribution in [3.05, 3.63) is 231 Å². The van der Waals surface area contributed by atoms with Gasteiger partial charge >= 0.3 is 35.9 Å². The number of carbonyl (C=O) groups excluding carboxylic acids is 6. The van der Waals surface area contributed by atoms with Crippen LogP contribution in [0.3, 0.4) is 0 Å². The highest BCUT2D eigenvalue weighted by Gasteiger charge is 2.54. The Labute approximate surface area is 457 Å². The number of halogens is 9. The van der Waals surface area contributed by atoms with E-state index in [0.717, 1.165) is 59.7 Å². The Kier molecular flexibility index (Phi) is 17.3. The largest absolute Gasteiger partial charge is 0.459 e. The van der Waals surface area contributed by atoms with Crippen molar-refractivity contribution in [1.82, 2.24) is 5.32 Å². The fourth-order valence-corrected chi connectivity index (χ4v) is 8.84. The smallest absolute Gasteiger partial charge is 0.407 e. The maximum absolute atomic E-state index is 15.3. The molecule has 0 bridgehead atoms. The van der Waals surface area contributed by atoms with Gasteiger partial charge in [-0.15, -0.1) is 0 Å². The standard InChI is InChI=1S/C58H38F9NO14/c59-37-21-9-5-17-32(37)52(69)75-27-42-48(79-53(70)33-18-6-10-22-38(33)60)50(81-54(71)34-19-7-11-23-39(34)61)51(82-55(72)35-20-8-12-24-40(35)62)57(78-42)76-26-41(56(73)80-49-46(66)44(64)43(63)45(65)47(49)67)68-58(74)77-25-36-30-15-3-1-13-28(30)29-14-2-4-16-31(29)36/h1-24,36,41-42,48,50-51,57H,25-27H2,(H,68,74)/t41-,42+,48+,50-,51+,57+/m0/s1. The maximum Gasteiger partial charge on any atom is 0.407 e. The van der Waals surface area contributed by atoms with Crippen molar-refractivity contribution in [2.45, 2.75) is 42.7 Å². The molecule has 0 radical (unpaired) electrons. The van der Waals surface area contributed by atoms with Crippen molar-refractivity contribution in [3.63, 3.8) is 0 Å². The van der Waals surface area contributed by atoms with Gasteiger partial charge in [0, 0.05) is 5.92 Å². The Morgan fingerprint density at radius 1 is 0.451 bits per heavy atom. The van der Waals surface area contributed by atoms with Crippen LogP contribution in [0, 0.1) is 52.4 Å². The molecule has 0 aromatic heterocycles. The molecule has 9 rings (SSSR count). The van der Waals surface area contributed by atoms with Gasteiger partial charge in [-0.1, -0.05) is 97.1 Å². The van der Waals surface area contributed by atoms with Gasteiger partial charge in [0.1, 0.15) is 42.6 Å². The molecule has 82 heavy (non-hydrogen) atoms. The lowest BCUT2D eigenvalue weighted by Gasteiger charge is -2.44. The number of fused-ring (bicyclic) bond motifs is 3. The van der Waals surface area contributed by atoms with Crippen LogP contribution in [0.4, 0.5) is 44.3 Å². The second kappa shape index (κ2) is 24.9. The molecular weight excluding hydrogens is 1110 g/mol. The SMILES string of the molecule is O=C(N[C@@H](CO[C@@H]1O[C@H](COC(=O)c2ccccc2F)[C@@H](OC(=O)c2ccccc2F)[C@H](OC(=O)c2ccccc2F)[C@H]1OC(=O)c1ccccc1F)C(=O)Oc1c(F)c(F)c(F)c(F)c1F)OCC1c2ccccc2-c2ccccc21. The van der Waals surface area contributed by atoms with Crippen molar-refractivity contribution in [3.8, 4) is 16.9 Å². The number of hydrogen-bond acceptors (Lipinski definition) is 14. The van der Waals surface area contributed by atoms with Crippen molar-refractivity contribution in [2.24, 2.45) is 0 Å². The average molecular weight is 1140 g/mol. The van der Waals surface area contributed by atoms with Crippen LogP contribution in [-0.2, 0) is 38.0 Å². The van der Waals surface area contributed by atoms with E-state index in [0.29, 0.717) is 11.1 Å². The molecule has 2 aliphatic rings. The van der Waals surface area contributed by atoms with Crippen LogP contribution >= 0.6 is 0 Å². The van der Waals surface area contributed by atoms with Gasteiger partial charge in [0.2, 0.25) is 34.8 Å². The van der Waals surface area contributed by atoms with E-state index >= 15 is 22.0 Å². The van der Waals surface area contributed by atoms with E-state index in [9.17, 15) is 46.3 Å². The van der Waals surface area contributed by atoms with E-state index in [-0.39, 0.29) is 0 Å². The molecule has 1 N–H and O–H groups in total. The van der Waals surface area contributed by atoms with E-state index in [2.05, 4.69) is 4.74 Å². The van der Waals surface area contributed by atoms with Gasteiger partial charge in [0.05, 0.1) is 28.9 Å². The molecule has 6 atom stereocenters. The zero-order chi connectivity index (χ0) is 58.4. The van der Waals surface area contributed by atoms with Crippen LogP contribution < -0.4 is 10.1 Å². The molecule has 0 unspecified atom stereocenters. The summed E-state index contributed by atoms with van der Waals surface area (Å²) in [7, 11) is 0. The molecule has 1 heterocycles. The third kappa shape index (κ3) is 12.1. The Bertz CT molecular complexity index is 3550. The molecule has 1 saturated heterocycles. The molecule has 15 nitrogen and oxygen atoms in total. The summed E-state index contributed by atoms with van der Waals surface area (Å²) in [4.78, 5) is 83.3. The zero-order valence-corrected chi connectivity index (χ0v) is 41.6. The highest BCUT2D eigenvalue weighted by Crippen LogP contribution is 2.44. The second-order valence-electron chi connectivity index (χ2n) is 17.8. The number of esters is 5. The number of benzene rings is 7. The molecule has 1 aliphatic carbocycles. The van der Waals surface area contributed by atoms with Crippen molar-refractivity contribution < 1.29 is 106 Å². The first-order chi connectivity index (χ1) is 39.4. The second-order valence-corrected chi connectivity index (χ2v) is 17.8. The maximum atomic E-state index is 15.3. The molecule has 7 aromatic rings. The van der Waals surface area contributed by atoms with Crippen molar-refractivity contribution in [1.29, 1.82) is 0 Å². The van der Waals surface area contributed by atoms with Gasteiger partial charge in [-0.3, -0.25) is 0 Å². The summed E-state index contributed by atoms with van der Waals surface area (Å²) < 4.78 is 179. The van der Waals surface area contributed by atoms with Crippen LogP contribution in [0.25, 0.3) is 11.1 Å². The monoisotopic (exact) mass is 1140 g/mol. The molecule has 1 amide bonds. The predicted octanol–water partition coefficient (Wildman–Crippen LogP) is 10.0. The summed E-state index contributed by atoms with van der Waals surface area (Å²) in [6.07, 6.45) is -13.5. The van der Waals surface area contributed by atoms with Gasteiger partial charge in [0.15, 0.2) is 30.6 Å². The summed E-state index contributed by atoms with van der Waals surface area (Å²) in [6.45, 7) is -3.16. The molecule has 0 spiro atoms. The highest BCUT2D eigenvalue weighted by atomic mass is 19.2. The molecule has 422 valence electrons. The number of rotatable bonds is 17. The van der Waals surface area contributed by atoms with Crippen LogP contribution in [0.1, 0.15) is 58.5 Å². The van der Waals surface area contributed by atoms with E-state index < -0.39 is 179 Å². The number of hydrogen-bond donors (Lipinski definition) is 1. The number of carbonyl (C=O) groups is 6. The molecule has 0 saturated carbocycles. The number of nitrogens with one attached hydrogen (secondary N) is 1. The van der Waals surface area contributed by atoms with Gasteiger partial charge in [-0.05, 0) is 70.8 Å². The fraction of sp³-hybridized carbons (Fsp3) is 0.172. The lowest BCUT2D eigenvalue weighted by molar-refractivity contribution is -0.299. The van der Waals surface area contributed by atoms with Crippen LogP contribution in [-0.4, -0.2) is 92.5 Å². The Morgan fingerprint density at radius 2 is 0.854 bits per heavy atom. The summed E-state index contributed by atoms with van der Waals surface area (Å²) in [5.41, 5.74) is -0.196. The van der Waals surface area contributed by atoms with E-state index in [1.807, 2.05) is 17.4 Å². The van der Waals surface area contributed by atoms with Gasteiger partial charge in [-0.2, -0.15) is 8.78 Å². The Morgan fingerprint density at radius 3 is 1.33 bits per heavy atom. The van der Waals surface area contributed by atoms with Crippen LogP contribution in [0.2, 0.25) is 0 Å². The van der Waals surface area contributed by atoms with Gasteiger partial charge < -0.3 is 43.2 Å². The van der Waals surface area contributed by atoms with E-state index in [4.69, 9.17) is 33.2 Å². The Balaban J connectivity index is 1.11. The summed E-state index contributed by atoms with van der Waals surface area (Å²) in [6, 6.07) is 28.2. The summed E-state index contributed by atoms with van der Waals surface area (Å²) in [5.74, 6) is -28.9. The molecule has 1 aliphatic heterocycles. The first-order valence-electron chi connectivity index (χ1n) is 24.3. The quantitative estimate of drug-likeness (QED) is 0.0227. The molecule has 24 heteroatoms. The lowest BCUT2D eigenvalue weighted by atomic mass is 9.97. The molecular formula is C58H38F9NO14. The number of amides is 1. The molecule has 1 fully saturated rings. The topological polar surface area (TPSA) is 188 Å². The van der Waals surface area contributed by atoms with Crippen LogP contribution in [0.15, 0.2) is 146 Å². The zero-order valence-electron chi connectivity index (χ0n) is 41.6. The van der Waals surface area contributed by atoms with Gasteiger partial charge in [0.25, 0.3) is 0 Å². The minimum atomic E-state index is -2.64. The van der Waals surface area contributed by atoms with E-state index in [1.54, 1.807) is 36.4 Å². The Hall–Kier alpha value is -9.55. The normalized spacial score (nSPS) is 17.5. The third-order valence-corrected chi connectivity index (χ3v) is 12.8. The fourth-order valence-electron chi connectivity index (χ4n) is 8.84.